The van der Waals surface area contributed by atoms with Crippen molar-refractivity contribution in [3.8, 4) is 0 Å². The fraction of sp³-hybridized carbons (Fsp3) is 1.00. The van der Waals surface area contributed by atoms with Crippen molar-refractivity contribution in [2.75, 3.05) is 18.8 Å². The van der Waals surface area contributed by atoms with E-state index in [9.17, 15) is 8.42 Å². The van der Waals surface area contributed by atoms with Crippen molar-refractivity contribution in [2.45, 2.75) is 33.1 Å². The van der Waals surface area contributed by atoms with Gasteiger partial charge in [0.2, 0.25) is 10.0 Å². The second kappa shape index (κ2) is 4.42. The Morgan fingerprint density at radius 1 is 1.31 bits per heavy atom. The molecule has 78 valence electrons. The van der Waals surface area contributed by atoms with Crippen LogP contribution >= 0.6 is 0 Å². The Kier molecular flexibility index (Phi) is 3.74. The number of hydrogen-bond acceptors (Lipinski definition) is 2. The lowest BCUT2D eigenvalue weighted by molar-refractivity contribution is 0.411. The average Bonchev–Trinajstić information content (AvgIpc) is 2.82. The highest BCUT2D eigenvalue weighted by Crippen LogP contribution is 2.30. The third-order valence-corrected chi connectivity index (χ3v) is 4.49. The fourth-order valence-corrected chi connectivity index (χ4v) is 3.02. The average molecular weight is 205 g/mol. The quantitative estimate of drug-likeness (QED) is 0.658. The molecule has 0 atom stereocenters. The normalized spacial score (nSPS) is 18.1. The number of nitrogens with zero attached hydrogens (tertiary/aromatic N) is 1. The Morgan fingerprint density at radius 3 is 2.31 bits per heavy atom. The summed E-state index contributed by atoms with van der Waals surface area (Å²) < 4.78 is 24.9. The molecule has 0 bridgehead atoms. The van der Waals surface area contributed by atoms with E-state index in [2.05, 4.69) is 0 Å². The van der Waals surface area contributed by atoms with E-state index in [-0.39, 0.29) is 0 Å². The van der Waals surface area contributed by atoms with Gasteiger partial charge in [-0.1, -0.05) is 13.8 Å². The van der Waals surface area contributed by atoms with Crippen LogP contribution in [0.15, 0.2) is 0 Å². The summed E-state index contributed by atoms with van der Waals surface area (Å²) in [5, 5.41) is 0. The Labute approximate surface area is 81.2 Å². The van der Waals surface area contributed by atoms with Gasteiger partial charge in [0.05, 0.1) is 5.75 Å². The Balaban J connectivity index is 2.52. The third kappa shape index (κ3) is 3.27. The maximum Gasteiger partial charge on any atom is 0.214 e. The predicted octanol–water partition coefficient (Wildman–Crippen LogP) is 1.46. The van der Waals surface area contributed by atoms with Gasteiger partial charge in [-0.3, -0.25) is 0 Å². The highest BCUT2D eigenvalue weighted by molar-refractivity contribution is 7.89. The van der Waals surface area contributed by atoms with Crippen LogP contribution in [0.1, 0.15) is 33.1 Å². The summed E-state index contributed by atoms with van der Waals surface area (Å²) in [6.07, 6.45) is 3.12. The third-order valence-electron chi connectivity index (χ3n) is 2.37. The fourth-order valence-electron chi connectivity index (χ4n) is 1.41. The largest absolute Gasteiger partial charge is 0.214 e. The zero-order chi connectivity index (χ0) is 9.90. The van der Waals surface area contributed by atoms with E-state index < -0.39 is 10.0 Å². The topological polar surface area (TPSA) is 37.4 Å². The monoisotopic (exact) mass is 205 g/mol. The molecule has 13 heavy (non-hydrogen) atoms. The van der Waals surface area contributed by atoms with Gasteiger partial charge in [0.1, 0.15) is 0 Å². The molecule has 0 N–H and O–H groups in total. The molecule has 3 nitrogen and oxygen atoms in total. The molecule has 0 unspecified atom stereocenters. The second-order valence-corrected chi connectivity index (χ2v) is 5.80. The Bertz CT molecular complexity index is 244. The summed E-state index contributed by atoms with van der Waals surface area (Å²) >= 11 is 0. The van der Waals surface area contributed by atoms with Crippen LogP contribution in [-0.2, 0) is 10.0 Å². The minimum absolute atomic E-state index is 0.299. The van der Waals surface area contributed by atoms with E-state index in [1.165, 1.54) is 12.8 Å². The molecule has 0 aliphatic heterocycles. The van der Waals surface area contributed by atoms with Gasteiger partial charge in [-0.2, -0.15) is 0 Å². The molecular formula is C9H19NO2S. The molecule has 1 fully saturated rings. The molecule has 0 aromatic heterocycles. The summed E-state index contributed by atoms with van der Waals surface area (Å²) in [6, 6.07) is 0. The van der Waals surface area contributed by atoms with E-state index in [1.54, 1.807) is 4.31 Å². The van der Waals surface area contributed by atoms with Crippen LogP contribution in [0.3, 0.4) is 0 Å². The molecule has 1 aliphatic rings. The predicted molar refractivity (Wildman–Crippen MR) is 54.0 cm³/mol. The van der Waals surface area contributed by atoms with Gasteiger partial charge in [0, 0.05) is 13.1 Å². The number of rotatable bonds is 6. The van der Waals surface area contributed by atoms with Crippen molar-refractivity contribution < 1.29 is 8.42 Å². The zero-order valence-electron chi connectivity index (χ0n) is 8.49. The highest BCUT2D eigenvalue weighted by atomic mass is 32.2. The second-order valence-electron chi connectivity index (χ2n) is 3.71. The molecule has 0 spiro atoms. The number of hydrogen-bond donors (Lipinski definition) is 0. The molecule has 0 amide bonds. The molecule has 0 aromatic rings. The van der Waals surface area contributed by atoms with Crippen molar-refractivity contribution in [3.05, 3.63) is 0 Å². The van der Waals surface area contributed by atoms with E-state index in [1.807, 2.05) is 13.8 Å². The van der Waals surface area contributed by atoms with Crippen LogP contribution in [0.2, 0.25) is 0 Å². The molecular weight excluding hydrogens is 186 g/mol. The van der Waals surface area contributed by atoms with Crippen LogP contribution in [-0.4, -0.2) is 31.6 Å². The SMILES string of the molecule is CCCS(=O)(=O)N(CC)CC1CC1. The van der Waals surface area contributed by atoms with Gasteiger partial charge >= 0.3 is 0 Å². The van der Waals surface area contributed by atoms with E-state index >= 15 is 0 Å². The van der Waals surface area contributed by atoms with Crippen LogP contribution in [0.25, 0.3) is 0 Å². The van der Waals surface area contributed by atoms with E-state index in [0.717, 1.165) is 6.54 Å². The lowest BCUT2D eigenvalue weighted by Gasteiger charge is -2.19. The number of sulfonamides is 1. The molecule has 1 saturated carbocycles. The molecule has 1 aliphatic carbocycles. The molecule has 0 radical (unpaired) electrons. The summed E-state index contributed by atoms with van der Waals surface area (Å²) in [5.74, 6) is 0.944. The maximum atomic E-state index is 11.7. The van der Waals surface area contributed by atoms with Gasteiger partial charge in [0.25, 0.3) is 0 Å². The van der Waals surface area contributed by atoms with E-state index in [4.69, 9.17) is 0 Å². The van der Waals surface area contributed by atoms with Gasteiger partial charge in [0.15, 0.2) is 0 Å². The van der Waals surface area contributed by atoms with Crippen molar-refractivity contribution >= 4 is 10.0 Å². The smallest absolute Gasteiger partial charge is 0.212 e. The van der Waals surface area contributed by atoms with Crippen LogP contribution in [0.4, 0.5) is 0 Å². The molecule has 4 heteroatoms. The summed E-state index contributed by atoms with van der Waals surface area (Å²) in [7, 11) is -2.94. The minimum atomic E-state index is -2.94. The molecule has 0 aromatic carbocycles. The van der Waals surface area contributed by atoms with Crippen molar-refractivity contribution in [2.24, 2.45) is 5.92 Å². The Morgan fingerprint density at radius 2 is 1.92 bits per heavy atom. The van der Waals surface area contributed by atoms with Gasteiger partial charge in [-0.05, 0) is 25.2 Å². The van der Waals surface area contributed by atoms with Crippen molar-refractivity contribution in [1.82, 2.24) is 4.31 Å². The Hall–Kier alpha value is -0.0900. The molecule has 0 heterocycles. The minimum Gasteiger partial charge on any atom is -0.212 e. The van der Waals surface area contributed by atoms with Gasteiger partial charge in [-0.15, -0.1) is 0 Å². The first-order chi connectivity index (χ1) is 6.10. The standard InChI is InChI=1S/C9H19NO2S/c1-3-7-13(11,12)10(4-2)8-9-5-6-9/h9H,3-8H2,1-2H3. The first-order valence-electron chi connectivity index (χ1n) is 5.08. The summed E-state index contributed by atoms with van der Waals surface area (Å²) in [4.78, 5) is 0. The summed E-state index contributed by atoms with van der Waals surface area (Å²) in [6.45, 7) is 5.19. The van der Waals surface area contributed by atoms with Gasteiger partial charge < -0.3 is 0 Å². The van der Waals surface area contributed by atoms with Gasteiger partial charge in [-0.25, -0.2) is 12.7 Å². The van der Waals surface area contributed by atoms with Crippen molar-refractivity contribution in [1.29, 1.82) is 0 Å². The first-order valence-corrected chi connectivity index (χ1v) is 6.69. The van der Waals surface area contributed by atoms with Crippen molar-refractivity contribution in [3.63, 3.8) is 0 Å². The molecule has 1 rings (SSSR count). The van der Waals surface area contributed by atoms with Crippen LogP contribution in [0, 0.1) is 5.92 Å². The van der Waals surface area contributed by atoms with E-state index in [0.29, 0.717) is 24.6 Å². The lowest BCUT2D eigenvalue weighted by Crippen LogP contribution is -2.34. The maximum absolute atomic E-state index is 11.7. The summed E-state index contributed by atoms with van der Waals surface area (Å²) in [5.41, 5.74) is 0. The molecule has 0 saturated heterocycles. The van der Waals surface area contributed by atoms with Crippen LogP contribution < -0.4 is 0 Å². The zero-order valence-corrected chi connectivity index (χ0v) is 9.31. The highest BCUT2D eigenvalue weighted by Gasteiger charge is 2.28. The first kappa shape index (κ1) is 11.0. The lowest BCUT2D eigenvalue weighted by atomic mass is 10.4. The van der Waals surface area contributed by atoms with Crippen LogP contribution in [0.5, 0.6) is 0 Å².